The van der Waals surface area contributed by atoms with Crippen LogP contribution in [0.3, 0.4) is 0 Å². The van der Waals surface area contributed by atoms with Gasteiger partial charge in [-0.15, -0.1) is 0 Å². The topological polar surface area (TPSA) is 35.5 Å². The van der Waals surface area contributed by atoms with E-state index in [1.807, 2.05) is 6.07 Å². The fraction of sp³-hybridized carbons (Fsp3) is 0.562. The SMILES string of the molecule is COc1cc(C(=O)C2C3CCCCC32)c(OC)cc1Br. The summed E-state index contributed by atoms with van der Waals surface area (Å²) in [5.74, 6) is 2.96. The summed E-state index contributed by atoms with van der Waals surface area (Å²) in [6.45, 7) is 0. The molecular formula is C16H19BrO3. The highest BCUT2D eigenvalue weighted by Crippen LogP contribution is 2.57. The van der Waals surface area contributed by atoms with Gasteiger partial charge in [0.2, 0.25) is 0 Å². The van der Waals surface area contributed by atoms with Gasteiger partial charge in [0, 0.05) is 5.92 Å². The minimum absolute atomic E-state index is 0.206. The van der Waals surface area contributed by atoms with Crippen molar-refractivity contribution in [3.8, 4) is 11.5 Å². The molecule has 20 heavy (non-hydrogen) atoms. The number of halogens is 1. The molecule has 0 spiro atoms. The van der Waals surface area contributed by atoms with E-state index in [2.05, 4.69) is 15.9 Å². The molecule has 2 unspecified atom stereocenters. The first-order valence-electron chi connectivity index (χ1n) is 7.13. The first-order valence-corrected chi connectivity index (χ1v) is 7.92. The van der Waals surface area contributed by atoms with E-state index in [9.17, 15) is 4.79 Å². The zero-order valence-electron chi connectivity index (χ0n) is 11.8. The maximum absolute atomic E-state index is 12.8. The van der Waals surface area contributed by atoms with Gasteiger partial charge in [-0.2, -0.15) is 0 Å². The number of methoxy groups -OCH3 is 2. The molecule has 0 aliphatic heterocycles. The van der Waals surface area contributed by atoms with Crippen LogP contribution in [0, 0.1) is 17.8 Å². The van der Waals surface area contributed by atoms with Crippen molar-refractivity contribution in [3.63, 3.8) is 0 Å². The van der Waals surface area contributed by atoms with E-state index in [1.54, 1.807) is 20.3 Å². The normalized spacial score (nSPS) is 27.6. The van der Waals surface area contributed by atoms with Gasteiger partial charge in [0.25, 0.3) is 0 Å². The summed E-state index contributed by atoms with van der Waals surface area (Å²) in [7, 11) is 3.21. The van der Waals surface area contributed by atoms with Crippen molar-refractivity contribution in [2.24, 2.45) is 17.8 Å². The monoisotopic (exact) mass is 338 g/mol. The molecule has 0 radical (unpaired) electrons. The first kappa shape index (κ1) is 13.9. The van der Waals surface area contributed by atoms with Crippen molar-refractivity contribution in [2.45, 2.75) is 25.7 Å². The van der Waals surface area contributed by atoms with E-state index >= 15 is 0 Å². The van der Waals surface area contributed by atoms with E-state index in [1.165, 1.54) is 25.7 Å². The number of ether oxygens (including phenoxy) is 2. The lowest BCUT2D eigenvalue weighted by atomic mass is 10.0. The van der Waals surface area contributed by atoms with Crippen LogP contribution in [0.2, 0.25) is 0 Å². The van der Waals surface area contributed by atoms with Gasteiger partial charge in [-0.25, -0.2) is 0 Å². The van der Waals surface area contributed by atoms with Gasteiger partial charge >= 0.3 is 0 Å². The van der Waals surface area contributed by atoms with Crippen LogP contribution < -0.4 is 9.47 Å². The number of ketones is 1. The summed E-state index contributed by atoms with van der Waals surface area (Å²) in [5, 5.41) is 0. The lowest BCUT2D eigenvalue weighted by molar-refractivity contribution is 0.0953. The standard InChI is InChI=1S/C16H19BrO3/c1-19-13-8-12(17)14(20-2)7-11(13)16(18)15-9-5-3-4-6-10(9)15/h7-10,15H,3-6H2,1-2H3. The highest BCUT2D eigenvalue weighted by atomic mass is 79.9. The van der Waals surface area contributed by atoms with Gasteiger partial charge in [0.05, 0.1) is 24.3 Å². The molecular weight excluding hydrogens is 320 g/mol. The minimum Gasteiger partial charge on any atom is -0.496 e. The quantitative estimate of drug-likeness (QED) is 0.776. The van der Waals surface area contributed by atoms with Crippen LogP contribution in [0.4, 0.5) is 0 Å². The number of carbonyl (C=O) groups excluding carboxylic acids is 1. The number of rotatable bonds is 4. The van der Waals surface area contributed by atoms with Gasteiger partial charge in [0.15, 0.2) is 5.78 Å². The third-order valence-electron chi connectivity index (χ3n) is 4.70. The van der Waals surface area contributed by atoms with Crippen molar-refractivity contribution in [1.29, 1.82) is 0 Å². The Labute approximate surface area is 127 Å². The molecule has 2 saturated carbocycles. The average Bonchev–Trinajstić information content (AvgIpc) is 3.20. The van der Waals surface area contributed by atoms with Gasteiger partial charge < -0.3 is 9.47 Å². The van der Waals surface area contributed by atoms with Crippen molar-refractivity contribution in [1.82, 2.24) is 0 Å². The van der Waals surface area contributed by atoms with E-state index in [4.69, 9.17) is 9.47 Å². The Kier molecular flexibility index (Phi) is 3.76. The molecule has 1 aromatic rings. The molecule has 0 aromatic heterocycles. The highest BCUT2D eigenvalue weighted by Gasteiger charge is 2.55. The largest absolute Gasteiger partial charge is 0.496 e. The number of hydrogen-bond acceptors (Lipinski definition) is 3. The van der Waals surface area contributed by atoms with Crippen LogP contribution in [-0.4, -0.2) is 20.0 Å². The number of carbonyl (C=O) groups is 1. The van der Waals surface area contributed by atoms with Gasteiger partial charge in [-0.3, -0.25) is 4.79 Å². The molecule has 0 bridgehead atoms. The van der Waals surface area contributed by atoms with Gasteiger partial charge in [0.1, 0.15) is 11.5 Å². The van der Waals surface area contributed by atoms with Crippen molar-refractivity contribution in [3.05, 3.63) is 22.2 Å². The third-order valence-corrected chi connectivity index (χ3v) is 5.32. The molecule has 2 fully saturated rings. The number of benzene rings is 1. The molecule has 0 N–H and O–H groups in total. The second-order valence-corrected chi connectivity index (χ2v) is 6.54. The number of Topliss-reactive ketones (excluding diaryl/α,β-unsaturated/α-hetero) is 1. The van der Waals surface area contributed by atoms with Crippen LogP contribution in [0.1, 0.15) is 36.0 Å². The highest BCUT2D eigenvalue weighted by molar-refractivity contribution is 9.10. The summed E-state index contributed by atoms with van der Waals surface area (Å²) in [4.78, 5) is 12.8. The summed E-state index contributed by atoms with van der Waals surface area (Å²) >= 11 is 3.43. The predicted octanol–water partition coefficient (Wildman–Crippen LogP) is 4.09. The zero-order valence-corrected chi connectivity index (χ0v) is 13.4. The Balaban J connectivity index is 1.91. The summed E-state index contributed by atoms with van der Waals surface area (Å²) < 4.78 is 11.5. The van der Waals surface area contributed by atoms with Crippen LogP contribution in [0.25, 0.3) is 0 Å². The Morgan fingerprint density at radius 1 is 1.10 bits per heavy atom. The van der Waals surface area contributed by atoms with Crippen molar-refractivity contribution in [2.75, 3.05) is 14.2 Å². The minimum atomic E-state index is 0.206. The smallest absolute Gasteiger partial charge is 0.170 e. The molecule has 108 valence electrons. The summed E-state index contributed by atoms with van der Waals surface area (Å²) in [6, 6.07) is 3.62. The molecule has 2 aliphatic carbocycles. The Morgan fingerprint density at radius 2 is 1.70 bits per heavy atom. The van der Waals surface area contributed by atoms with E-state index in [0.29, 0.717) is 28.9 Å². The van der Waals surface area contributed by atoms with E-state index < -0.39 is 0 Å². The van der Waals surface area contributed by atoms with Gasteiger partial charge in [-0.05, 0) is 52.7 Å². The van der Waals surface area contributed by atoms with Gasteiger partial charge in [-0.1, -0.05) is 12.8 Å². The molecule has 3 rings (SSSR count). The first-order chi connectivity index (χ1) is 9.67. The van der Waals surface area contributed by atoms with Crippen LogP contribution in [0.15, 0.2) is 16.6 Å². The van der Waals surface area contributed by atoms with E-state index in [-0.39, 0.29) is 11.7 Å². The average molecular weight is 339 g/mol. The molecule has 4 heteroatoms. The Hall–Kier alpha value is -1.03. The zero-order chi connectivity index (χ0) is 14.3. The molecule has 2 aliphatic rings. The molecule has 1 aromatic carbocycles. The second kappa shape index (κ2) is 5.40. The molecule has 0 saturated heterocycles. The summed E-state index contributed by atoms with van der Waals surface area (Å²) in [6.07, 6.45) is 4.95. The lowest BCUT2D eigenvalue weighted by Crippen LogP contribution is -2.07. The van der Waals surface area contributed by atoms with Crippen molar-refractivity contribution < 1.29 is 14.3 Å². The molecule has 3 nitrogen and oxygen atoms in total. The third kappa shape index (κ3) is 2.24. The van der Waals surface area contributed by atoms with E-state index in [0.717, 1.165) is 4.47 Å². The maximum Gasteiger partial charge on any atom is 0.170 e. The molecule has 0 amide bonds. The maximum atomic E-state index is 12.8. The Bertz CT molecular complexity index is 529. The number of hydrogen-bond donors (Lipinski definition) is 0. The fourth-order valence-electron chi connectivity index (χ4n) is 3.61. The predicted molar refractivity (Wildman–Crippen MR) is 80.5 cm³/mol. The molecule has 0 heterocycles. The molecule has 2 atom stereocenters. The van der Waals surface area contributed by atoms with Crippen molar-refractivity contribution >= 4 is 21.7 Å². The number of fused-ring (bicyclic) bond motifs is 1. The fourth-order valence-corrected chi connectivity index (χ4v) is 4.10. The lowest BCUT2D eigenvalue weighted by Gasteiger charge is -2.11. The Morgan fingerprint density at radius 3 is 2.25 bits per heavy atom. The second-order valence-electron chi connectivity index (χ2n) is 5.69. The van der Waals surface area contributed by atoms with Crippen LogP contribution in [-0.2, 0) is 0 Å². The van der Waals surface area contributed by atoms with Crippen LogP contribution in [0.5, 0.6) is 11.5 Å². The van der Waals surface area contributed by atoms with Crippen LogP contribution >= 0.6 is 15.9 Å². The summed E-state index contributed by atoms with van der Waals surface area (Å²) in [5.41, 5.74) is 0.659.